The Kier molecular flexibility index (Phi) is 4.07. The molecule has 0 aromatic heterocycles. The Morgan fingerprint density at radius 2 is 1.94 bits per heavy atom. The van der Waals surface area contributed by atoms with Gasteiger partial charge in [0.1, 0.15) is 0 Å². The van der Waals surface area contributed by atoms with Gasteiger partial charge >= 0.3 is 0 Å². The summed E-state index contributed by atoms with van der Waals surface area (Å²) < 4.78 is 0. The van der Waals surface area contributed by atoms with Gasteiger partial charge in [0.05, 0.1) is 0 Å². The molecule has 1 heteroatoms. The number of hydrogen-bond donors (Lipinski definition) is 0. The minimum Gasteiger partial charge on any atom is -0.0893 e. The van der Waals surface area contributed by atoms with Crippen LogP contribution in [0.3, 0.4) is 0 Å². The van der Waals surface area contributed by atoms with Crippen molar-refractivity contribution in [3.05, 3.63) is 35.4 Å². The molecule has 2 atom stereocenters. The van der Waals surface area contributed by atoms with Crippen LogP contribution in [0.25, 0.3) is 0 Å². The van der Waals surface area contributed by atoms with Crippen molar-refractivity contribution in [2.45, 2.75) is 56.2 Å². The van der Waals surface area contributed by atoms with Crippen LogP contribution in [-0.2, 0) is 0 Å². The van der Waals surface area contributed by atoms with E-state index >= 15 is 0 Å². The van der Waals surface area contributed by atoms with E-state index in [0.717, 1.165) is 5.92 Å². The normalized spacial score (nSPS) is 20.2. The van der Waals surface area contributed by atoms with Gasteiger partial charge in [0.15, 0.2) is 0 Å². The van der Waals surface area contributed by atoms with Gasteiger partial charge in [-0.15, -0.1) is 0 Å². The first-order valence-corrected chi connectivity index (χ1v) is 7.33. The van der Waals surface area contributed by atoms with Gasteiger partial charge in [-0.3, -0.25) is 0 Å². The summed E-state index contributed by atoms with van der Waals surface area (Å²) in [5.41, 5.74) is 3.20. The van der Waals surface area contributed by atoms with E-state index in [1.807, 2.05) is 0 Å². The van der Waals surface area contributed by atoms with Crippen LogP contribution in [0, 0.1) is 0 Å². The molecule has 0 spiro atoms. The number of alkyl halides is 1. The Hall–Kier alpha value is -0.300. The maximum absolute atomic E-state index is 3.66. The van der Waals surface area contributed by atoms with Crippen molar-refractivity contribution in [2.24, 2.45) is 0 Å². The summed E-state index contributed by atoms with van der Waals surface area (Å²) in [4.78, 5) is 0.608. The summed E-state index contributed by atoms with van der Waals surface area (Å²) >= 11 is 3.66. The van der Waals surface area contributed by atoms with Gasteiger partial charge in [-0.2, -0.15) is 0 Å². The molecule has 0 amide bonds. The summed E-state index contributed by atoms with van der Waals surface area (Å²) in [5, 5.41) is 0. The van der Waals surface area contributed by atoms with Gasteiger partial charge in [-0.05, 0) is 42.2 Å². The number of hydrogen-bond acceptors (Lipinski definition) is 0. The molecule has 1 aromatic rings. The zero-order valence-corrected chi connectivity index (χ0v) is 11.8. The molecule has 1 aromatic carbocycles. The van der Waals surface area contributed by atoms with E-state index in [2.05, 4.69) is 54.0 Å². The lowest BCUT2D eigenvalue weighted by Crippen LogP contribution is -2.13. The molecule has 0 N–H and O–H groups in total. The van der Waals surface area contributed by atoms with Gasteiger partial charge in [0.25, 0.3) is 0 Å². The summed E-state index contributed by atoms with van der Waals surface area (Å²) in [6, 6.07) is 9.05. The lowest BCUT2D eigenvalue weighted by molar-refractivity contribution is 0.415. The molecule has 0 nitrogen and oxygen atoms in total. The molecular formula is C15H21Br. The second kappa shape index (κ2) is 5.35. The molecule has 2 unspecified atom stereocenters. The first-order valence-electron chi connectivity index (χ1n) is 6.41. The van der Waals surface area contributed by atoms with Gasteiger partial charge < -0.3 is 0 Å². The Morgan fingerprint density at radius 1 is 1.25 bits per heavy atom. The van der Waals surface area contributed by atoms with Gasteiger partial charge in [-0.1, -0.05) is 60.5 Å². The highest BCUT2D eigenvalue weighted by Gasteiger charge is 2.23. The second-order valence-corrected chi connectivity index (χ2v) is 6.74. The fourth-order valence-electron chi connectivity index (χ4n) is 2.66. The van der Waals surface area contributed by atoms with Crippen molar-refractivity contribution < 1.29 is 0 Å². The molecule has 0 bridgehead atoms. The maximum Gasteiger partial charge on any atom is 0.0123 e. The standard InChI is InChI=1S/C15H21Br/c1-11(10-12(2)16)14-8-3-4-9-15(14)13-6-5-7-13/h3-4,8-9,11-13H,5-7,10H2,1-2H3. The molecule has 1 fully saturated rings. The fraction of sp³-hybridized carbons (Fsp3) is 0.600. The number of rotatable bonds is 4. The third-order valence-electron chi connectivity index (χ3n) is 3.75. The molecule has 1 aliphatic carbocycles. The average molecular weight is 281 g/mol. The van der Waals surface area contributed by atoms with Crippen LogP contribution in [0.5, 0.6) is 0 Å². The third-order valence-corrected chi connectivity index (χ3v) is 4.12. The molecule has 88 valence electrons. The Morgan fingerprint density at radius 3 is 2.50 bits per heavy atom. The minimum atomic E-state index is 0.608. The van der Waals surface area contributed by atoms with Crippen LogP contribution >= 0.6 is 15.9 Å². The molecule has 1 saturated carbocycles. The molecule has 16 heavy (non-hydrogen) atoms. The maximum atomic E-state index is 3.66. The lowest BCUT2D eigenvalue weighted by Gasteiger charge is -2.30. The summed E-state index contributed by atoms with van der Waals surface area (Å²) in [6.07, 6.45) is 5.44. The number of benzene rings is 1. The SMILES string of the molecule is CC(Br)CC(C)c1ccccc1C1CCC1. The second-order valence-electron chi connectivity index (χ2n) is 5.17. The van der Waals surface area contributed by atoms with Gasteiger partial charge in [0.2, 0.25) is 0 Å². The van der Waals surface area contributed by atoms with Crippen molar-refractivity contribution in [1.29, 1.82) is 0 Å². The Balaban J connectivity index is 2.18. The quantitative estimate of drug-likeness (QED) is 0.663. The van der Waals surface area contributed by atoms with E-state index in [1.54, 1.807) is 11.1 Å². The molecule has 2 rings (SSSR count). The first kappa shape index (κ1) is 12.2. The van der Waals surface area contributed by atoms with Crippen molar-refractivity contribution in [3.8, 4) is 0 Å². The molecule has 0 radical (unpaired) electrons. The number of halogens is 1. The third kappa shape index (κ3) is 2.68. The summed E-state index contributed by atoms with van der Waals surface area (Å²) in [6.45, 7) is 4.59. The zero-order chi connectivity index (χ0) is 11.5. The highest BCUT2D eigenvalue weighted by Crippen LogP contribution is 2.40. The van der Waals surface area contributed by atoms with E-state index in [4.69, 9.17) is 0 Å². The van der Waals surface area contributed by atoms with Crippen LogP contribution in [0.1, 0.15) is 62.5 Å². The van der Waals surface area contributed by atoms with Crippen molar-refractivity contribution >= 4 is 15.9 Å². The molecule has 0 saturated heterocycles. The van der Waals surface area contributed by atoms with Crippen LogP contribution in [0.4, 0.5) is 0 Å². The van der Waals surface area contributed by atoms with Crippen LogP contribution < -0.4 is 0 Å². The van der Waals surface area contributed by atoms with Crippen molar-refractivity contribution in [3.63, 3.8) is 0 Å². The van der Waals surface area contributed by atoms with Crippen molar-refractivity contribution in [2.75, 3.05) is 0 Å². The smallest absolute Gasteiger partial charge is 0.0123 e. The van der Waals surface area contributed by atoms with Crippen molar-refractivity contribution in [1.82, 2.24) is 0 Å². The first-order chi connectivity index (χ1) is 7.68. The zero-order valence-electron chi connectivity index (χ0n) is 10.2. The largest absolute Gasteiger partial charge is 0.0893 e. The van der Waals surface area contributed by atoms with E-state index in [0.29, 0.717) is 10.7 Å². The fourth-order valence-corrected chi connectivity index (χ4v) is 3.23. The van der Waals surface area contributed by atoms with E-state index < -0.39 is 0 Å². The van der Waals surface area contributed by atoms with Gasteiger partial charge in [0, 0.05) is 4.83 Å². The van der Waals surface area contributed by atoms with Crippen LogP contribution in [-0.4, -0.2) is 4.83 Å². The highest BCUT2D eigenvalue weighted by atomic mass is 79.9. The molecule has 0 heterocycles. The Labute approximate surface area is 108 Å². The predicted molar refractivity (Wildman–Crippen MR) is 74.5 cm³/mol. The van der Waals surface area contributed by atoms with Gasteiger partial charge in [-0.25, -0.2) is 0 Å². The Bertz CT molecular complexity index is 339. The van der Waals surface area contributed by atoms with E-state index in [9.17, 15) is 0 Å². The topological polar surface area (TPSA) is 0 Å². The monoisotopic (exact) mass is 280 g/mol. The highest BCUT2D eigenvalue weighted by molar-refractivity contribution is 9.09. The lowest BCUT2D eigenvalue weighted by atomic mass is 9.76. The van der Waals surface area contributed by atoms with E-state index in [1.165, 1.54) is 25.7 Å². The summed E-state index contributed by atoms with van der Waals surface area (Å²) in [7, 11) is 0. The summed E-state index contributed by atoms with van der Waals surface area (Å²) in [5.74, 6) is 1.52. The van der Waals surface area contributed by atoms with Crippen LogP contribution in [0.2, 0.25) is 0 Å². The average Bonchev–Trinajstić information content (AvgIpc) is 2.14. The van der Waals surface area contributed by atoms with Crippen LogP contribution in [0.15, 0.2) is 24.3 Å². The molecule has 0 aliphatic heterocycles. The van der Waals surface area contributed by atoms with E-state index in [-0.39, 0.29) is 0 Å². The molecule has 1 aliphatic rings. The minimum absolute atomic E-state index is 0.608. The predicted octanol–water partition coefficient (Wildman–Crippen LogP) is 5.23. The molecular weight excluding hydrogens is 260 g/mol.